The average molecular weight is 204 g/mol. The second kappa shape index (κ2) is 4.36. The van der Waals surface area contributed by atoms with Crippen LogP contribution in [0.3, 0.4) is 0 Å². The first-order valence-corrected chi connectivity index (χ1v) is 5.92. The molecule has 0 radical (unpaired) electrons. The molecular formula is C14H20O. The third-order valence-electron chi connectivity index (χ3n) is 3.66. The van der Waals surface area contributed by atoms with E-state index in [0.29, 0.717) is 5.41 Å². The summed E-state index contributed by atoms with van der Waals surface area (Å²) >= 11 is 0. The van der Waals surface area contributed by atoms with E-state index in [0.717, 1.165) is 32.5 Å². The molecule has 0 bridgehead atoms. The van der Waals surface area contributed by atoms with Gasteiger partial charge in [-0.1, -0.05) is 38.1 Å². The molecule has 0 atom stereocenters. The Hall–Kier alpha value is -0.820. The number of rotatable bonds is 2. The van der Waals surface area contributed by atoms with Crippen molar-refractivity contribution in [3.05, 3.63) is 35.4 Å². The molecule has 0 aromatic heterocycles. The van der Waals surface area contributed by atoms with Crippen LogP contribution in [0.1, 0.15) is 37.8 Å². The third-order valence-corrected chi connectivity index (χ3v) is 3.66. The van der Waals surface area contributed by atoms with E-state index < -0.39 is 0 Å². The topological polar surface area (TPSA) is 9.23 Å². The SMILES string of the molecule is CCc1ccc(C2(C)CCOCC2)cc1. The molecule has 1 fully saturated rings. The lowest BCUT2D eigenvalue weighted by atomic mass is 9.76. The van der Waals surface area contributed by atoms with E-state index in [1.54, 1.807) is 0 Å². The number of ether oxygens (including phenoxy) is 1. The minimum atomic E-state index is 0.338. The smallest absolute Gasteiger partial charge is 0.0474 e. The molecule has 0 amide bonds. The van der Waals surface area contributed by atoms with Gasteiger partial charge in [0.15, 0.2) is 0 Å². The van der Waals surface area contributed by atoms with Gasteiger partial charge in [-0.15, -0.1) is 0 Å². The van der Waals surface area contributed by atoms with Crippen LogP contribution in [-0.2, 0) is 16.6 Å². The van der Waals surface area contributed by atoms with Crippen molar-refractivity contribution in [3.63, 3.8) is 0 Å². The fourth-order valence-electron chi connectivity index (χ4n) is 2.25. The fourth-order valence-corrected chi connectivity index (χ4v) is 2.25. The Morgan fingerprint density at radius 2 is 1.73 bits per heavy atom. The Balaban J connectivity index is 2.20. The predicted octanol–water partition coefficient (Wildman–Crippen LogP) is 3.32. The van der Waals surface area contributed by atoms with Crippen LogP contribution >= 0.6 is 0 Å². The summed E-state index contributed by atoms with van der Waals surface area (Å²) in [6, 6.07) is 9.11. The van der Waals surface area contributed by atoms with E-state index in [2.05, 4.69) is 38.1 Å². The zero-order valence-corrected chi connectivity index (χ0v) is 9.75. The maximum atomic E-state index is 5.43. The maximum absolute atomic E-state index is 5.43. The molecular weight excluding hydrogens is 184 g/mol. The highest BCUT2D eigenvalue weighted by molar-refractivity contribution is 5.29. The van der Waals surface area contributed by atoms with Gasteiger partial charge >= 0.3 is 0 Å². The van der Waals surface area contributed by atoms with Gasteiger partial charge in [0.1, 0.15) is 0 Å². The van der Waals surface area contributed by atoms with Crippen molar-refractivity contribution in [2.75, 3.05) is 13.2 Å². The van der Waals surface area contributed by atoms with Gasteiger partial charge in [0.25, 0.3) is 0 Å². The number of aryl methyl sites for hydroxylation is 1. The monoisotopic (exact) mass is 204 g/mol. The molecule has 0 unspecified atom stereocenters. The zero-order valence-electron chi connectivity index (χ0n) is 9.75. The summed E-state index contributed by atoms with van der Waals surface area (Å²) in [4.78, 5) is 0. The van der Waals surface area contributed by atoms with Crippen LogP contribution in [0.2, 0.25) is 0 Å². The minimum Gasteiger partial charge on any atom is -0.381 e. The first kappa shape index (κ1) is 10.7. The molecule has 1 aliphatic rings. The molecule has 1 saturated heterocycles. The largest absolute Gasteiger partial charge is 0.381 e. The highest BCUT2D eigenvalue weighted by Crippen LogP contribution is 2.34. The molecule has 2 rings (SSSR count). The van der Waals surface area contributed by atoms with E-state index in [1.165, 1.54) is 11.1 Å². The summed E-state index contributed by atoms with van der Waals surface area (Å²) in [7, 11) is 0. The number of hydrogen-bond acceptors (Lipinski definition) is 1. The van der Waals surface area contributed by atoms with Gasteiger partial charge in [-0.2, -0.15) is 0 Å². The Morgan fingerprint density at radius 1 is 1.13 bits per heavy atom. The van der Waals surface area contributed by atoms with Crippen molar-refractivity contribution < 1.29 is 4.74 Å². The lowest BCUT2D eigenvalue weighted by molar-refractivity contribution is 0.0564. The molecule has 1 heterocycles. The molecule has 1 heteroatoms. The standard InChI is InChI=1S/C14H20O/c1-3-12-4-6-13(7-5-12)14(2)8-10-15-11-9-14/h4-7H,3,8-11H2,1-2H3. The van der Waals surface area contributed by atoms with Crippen LogP contribution in [0.25, 0.3) is 0 Å². The maximum Gasteiger partial charge on any atom is 0.0474 e. The summed E-state index contributed by atoms with van der Waals surface area (Å²) in [5.41, 5.74) is 3.24. The average Bonchev–Trinajstić information content (AvgIpc) is 2.30. The Bertz CT molecular complexity index is 307. The van der Waals surface area contributed by atoms with Gasteiger partial charge < -0.3 is 4.74 Å². The molecule has 0 saturated carbocycles. The van der Waals surface area contributed by atoms with Crippen molar-refractivity contribution in [1.29, 1.82) is 0 Å². The highest BCUT2D eigenvalue weighted by Gasteiger charge is 2.28. The van der Waals surface area contributed by atoms with Gasteiger partial charge in [-0.25, -0.2) is 0 Å². The minimum absolute atomic E-state index is 0.338. The molecule has 82 valence electrons. The van der Waals surface area contributed by atoms with E-state index >= 15 is 0 Å². The third kappa shape index (κ3) is 2.23. The van der Waals surface area contributed by atoms with Crippen LogP contribution in [0.4, 0.5) is 0 Å². The summed E-state index contributed by atoms with van der Waals surface area (Å²) in [6.07, 6.45) is 3.43. The molecule has 1 nitrogen and oxygen atoms in total. The van der Waals surface area contributed by atoms with E-state index in [1.807, 2.05) is 0 Å². The summed E-state index contributed by atoms with van der Waals surface area (Å²) in [5.74, 6) is 0. The van der Waals surface area contributed by atoms with Crippen LogP contribution in [0.5, 0.6) is 0 Å². The second-order valence-corrected chi connectivity index (χ2v) is 4.72. The van der Waals surface area contributed by atoms with Gasteiger partial charge in [-0.3, -0.25) is 0 Å². The summed E-state index contributed by atoms with van der Waals surface area (Å²) < 4.78 is 5.43. The van der Waals surface area contributed by atoms with Crippen LogP contribution in [0.15, 0.2) is 24.3 Å². The van der Waals surface area contributed by atoms with Crippen molar-refractivity contribution in [2.45, 2.75) is 38.5 Å². The normalized spacial score (nSPS) is 20.1. The Morgan fingerprint density at radius 3 is 2.27 bits per heavy atom. The van der Waals surface area contributed by atoms with Crippen molar-refractivity contribution in [2.24, 2.45) is 0 Å². The van der Waals surface area contributed by atoms with E-state index in [4.69, 9.17) is 4.74 Å². The zero-order chi connectivity index (χ0) is 10.7. The van der Waals surface area contributed by atoms with Crippen LogP contribution < -0.4 is 0 Å². The Labute approximate surface area is 92.5 Å². The Kier molecular flexibility index (Phi) is 3.11. The first-order valence-electron chi connectivity index (χ1n) is 5.92. The van der Waals surface area contributed by atoms with Crippen LogP contribution in [-0.4, -0.2) is 13.2 Å². The van der Waals surface area contributed by atoms with E-state index in [9.17, 15) is 0 Å². The first-order chi connectivity index (χ1) is 7.24. The fraction of sp³-hybridized carbons (Fsp3) is 0.571. The van der Waals surface area contributed by atoms with Crippen LogP contribution in [0, 0.1) is 0 Å². The second-order valence-electron chi connectivity index (χ2n) is 4.72. The van der Waals surface area contributed by atoms with Crippen molar-refractivity contribution >= 4 is 0 Å². The number of benzene rings is 1. The van der Waals surface area contributed by atoms with Gasteiger partial charge in [0.2, 0.25) is 0 Å². The molecule has 0 N–H and O–H groups in total. The highest BCUT2D eigenvalue weighted by atomic mass is 16.5. The van der Waals surface area contributed by atoms with Gasteiger partial charge in [0.05, 0.1) is 0 Å². The molecule has 0 aliphatic carbocycles. The summed E-state index contributed by atoms with van der Waals surface area (Å²) in [6.45, 7) is 6.37. The van der Waals surface area contributed by atoms with E-state index in [-0.39, 0.29) is 0 Å². The molecule has 0 spiro atoms. The molecule has 1 aliphatic heterocycles. The number of hydrogen-bond donors (Lipinski definition) is 0. The van der Waals surface area contributed by atoms with Gasteiger partial charge in [0, 0.05) is 13.2 Å². The van der Waals surface area contributed by atoms with Crippen molar-refractivity contribution in [1.82, 2.24) is 0 Å². The van der Waals surface area contributed by atoms with Gasteiger partial charge in [-0.05, 0) is 35.8 Å². The molecule has 1 aromatic carbocycles. The lowest BCUT2D eigenvalue weighted by Gasteiger charge is -2.34. The predicted molar refractivity (Wildman–Crippen MR) is 63.2 cm³/mol. The molecule has 15 heavy (non-hydrogen) atoms. The lowest BCUT2D eigenvalue weighted by Crippen LogP contribution is -2.30. The summed E-state index contributed by atoms with van der Waals surface area (Å²) in [5, 5.41) is 0. The van der Waals surface area contributed by atoms with Crippen molar-refractivity contribution in [3.8, 4) is 0 Å². The quantitative estimate of drug-likeness (QED) is 0.718. The molecule has 1 aromatic rings.